The summed E-state index contributed by atoms with van der Waals surface area (Å²) >= 11 is 3.37. The molecule has 5 nitrogen and oxygen atoms in total. The van der Waals surface area contributed by atoms with Gasteiger partial charge in [-0.3, -0.25) is 9.48 Å². The number of pyridine rings is 1. The maximum absolute atomic E-state index is 12.4. The Morgan fingerprint density at radius 3 is 3.00 bits per heavy atom. The van der Waals surface area contributed by atoms with Crippen LogP contribution in [0.4, 0.5) is 5.82 Å². The van der Waals surface area contributed by atoms with Gasteiger partial charge in [0.05, 0.1) is 5.69 Å². The molecule has 1 aliphatic carbocycles. The van der Waals surface area contributed by atoms with E-state index >= 15 is 0 Å². The van der Waals surface area contributed by atoms with Gasteiger partial charge in [0, 0.05) is 22.8 Å². The van der Waals surface area contributed by atoms with Crippen molar-refractivity contribution >= 4 is 27.7 Å². The van der Waals surface area contributed by atoms with Crippen LogP contribution >= 0.6 is 15.9 Å². The lowest BCUT2D eigenvalue weighted by Gasteiger charge is -2.08. The van der Waals surface area contributed by atoms with Crippen LogP contribution in [0.25, 0.3) is 0 Å². The third-order valence-corrected chi connectivity index (χ3v) is 4.14. The average molecular weight is 335 g/mol. The van der Waals surface area contributed by atoms with Crippen LogP contribution < -0.4 is 5.32 Å². The highest BCUT2D eigenvalue weighted by atomic mass is 79.9. The van der Waals surface area contributed by atoms with Gasteiger partial charge in [0.15, 0.2) is 0 Å². The molecule has 0 radical (unpaired) electrons. The monoisotopic (exact) mass is 334 g/mol. The van der Waals surface area contributed by atoms with Gasteiger partial charge in [0.2, 0.25) is 0 Å². The molecule has 1 amide bonds. The van der Waals surface area contributed by atoms with E-state index in [-0.39, 0.29) is 5.91 Å². The number of rotatable bonds is 2. The van der Waals surface area contributed by atoms with Crippen LogP contribution in [0, 0.1) is 6.92 Å². The van der Waals surface area contributed by atoms with Crippen LogP contribution in [0.1, 0.15) is 33.9 Å². The fraction of sp³-hybridized carbons (Fsp3) is 0.357. The number of fused-ring (bicyclic) bond motifs is 1. The van der Waals surface area contributed by atoms with Crippen molar-refractivity contribution in [3.8, 4) is 0 Å². The highest BCUT2D eigenvalue weighted by Gasteiger charge is 2.23. The van der Waals surface area contributed by atoms with Gasteiger partial charge in [0.25, 0.3) is 5.91 Å². The van der Waals surface area contributed by atoms with E-state index in [9.17, 15) is 4.79 Å². The molecule has 0 aromatic carbocycles. The summed E-state index contributed by atoms with van der Waals surface area (Å²) in [5, 5.41) is 7.39. The second-order valence-electron chi connectivity index (χ2n) is 4.99. The van der Waals surface area contributed by atoms with Crippen molar-refractivity contribution in [2.45, 2.75) is 26.2 Å². The molecule has 2 heterocycles. The van der Waals surface area contributed by atoms with Gasteiger partial charge in [0.1, 0.15) is 11.5 Å². The zero-order chi connectivity index (χ0) is 14.3. The van der Waals surface area contributed by atoms with E-state index in [0.29, 0.717) is 10.2 Å². The molecule has 0 saturated carbocycles. The molecule has 0 fully saturated rings. The Hall–Kier alpha value is -1.69. The second kappa shape index (κ2) is 5.01. The minimum absolute atomic E-state index is 0.210. The topological polar surface area (TPSA) is 59.8 Å². The molecule has 6 heteroatoms. The molecular weight excluding hydrogens is 320 g/mol. The van der Waals surface area contributed by atoms with Gasteiger partial charge in [-0.1, -0.05) is 0 Å². The molecule has 0 aliphatic heterocycles. The van der Waals surface area contributed by atoms with Gasteiger partial charge in [-0.2, -0.15) is 5.10 Å². The van der Waals surface area contributed by atoms with Crippen LogP contribution in [0.5, 0.6) is 0 Å². The first kappa shape index (κ1) is 13.3. The van der Waals surface area contributed by atoms with E-state index in [1.54, 1.807) is 4.68 Å². The van der Waals surface area contributed by atoms with E-state index in [1.165, 1.54) is 0 Å². The van der Waals surface area contributed by atoms with Crippen LogP contribution in [0.15, 0.2) is 16.6 Å². The Kier molecular flexibility index (Phi) is 3.33. The summed E-state index contributed by atoms with van der Waals surface area (Å²) < 4.78 is 2.44. The van der Waals surface area contributed by atoms with E-state index in [0.717, 1.165) is 42.0 Å². The minimum Gasteiger partial charge on any atom is -0.305 e. The molecule has 2 aromatic rings. The predicted molar refractivity (Wildman–Crippen MR) is 79.9 cm³/mol. The number of amides is 1. The number of aromatic nitrogens is 3. The Morgan fingerprint density at radius 2 is 2.20 bits per heavy atom. The molecule has 1 N–H and O–H groups in total. The second-order valence-corrected chi connectivity index (χ2v) is 5.84. The maximum Gasteiger partial charge on any atom is 0.276 e. The molecule has 0 spiro atoms. The average Bonchev–Trinajstić information content (AvgIpc) is 2.96. The number of nitrogens with one attached hydrogen (secondary N) is 1. The standard InChI is InChI=1S/C14H15BrN4O/c1-8-6-7-10(15)12(16-8)14(20)17-13-9-4-3-5-11(9)18-19(13)2/h6-7H,3-5H2,1-2H3,(H,17,20). The van der Waals surface area contributed by atoms with Crippen LogP contribution in [-0.2, 0) is 19.9 Å². The quantitative estimate of drug-likeness (QED) is 0.918. The summed E-state index contributed by atoms with van der Waals surface area (Å²) in [5.74, 6) is 0.580. The van der Waals surface area contributed by atoms with E-state index in [4.69, 9.17) is 0 Å². The Balaban J connectivity index is 1.92. The fourth-order valence-electron chi connectivity index (χ4n) is 2.54. The zero-order valence-electron chi connectivity index (χ0n) is 11.4. The smallest absolute Gasteiger partial charge is 0.276 e. The first-order chi connectivity index (χ1) is 9.56. The first-order valence-corrected chi connectivity index (χ1v) is 7.35. The summed E-state index contributed by atoms with van der Waals surface area (Å²) in [6.45, 7) is 1.87. The zero-order valence-corrected chi connectivity index (χ0v) is 13.0. The molecule has 0 atom stereocenters. The van der Waals surface area contributed by atoms with Gasteiger partial charge in [-0.25, -0.2) is 4.98 Å². The van der Waals surface area contributed by atoms with Gasteiger partial charge in [-0.15, -0.1) is 0 Å². The van der Waals surface area contributed by atoms with Gasteiger partial charge >= 0.3 is 0 Å². The summed E-state index contributed by atoms with van der Waals surface area (Å²) in [6.07, 6.45) is 3.07. The van der Waals surface area contributed by atoms with Crippen LogP contribution in [0.2, 0.25) is 0 Å². The van der Waals surface area contributed by atoms with Crippen LogP contribution in [-0.4, -0.2) is 20.7 Å². The number of anilines is 1. The van der Waals surface area contributed by atoms with Crippen molar-refractivity contribution in [1.82, 2.24) is 14.8 Å². The predicted octanol–water partition coefficient (Wildman–Crippen LogP) is 2.63. The lowest BCUT2D eigenvalue weighted by atomic mass is 10.2. The third kappa shape index (κ3) is 2.24. The highest BCUT2D eigenvalue weighted by Crippen LogP contribution is 2.28. The van der Waals surface area contributed by atoms with Crippen LogP contribution in [0.3, 0.4) is 0 Å². The Bertz CT molecular complexity index is 693. The molecule has 0 bridgehead atoms. The van der Waals surface area contributed by atoms with Crippen molar-refractivity contribution < 1.29 is 4.79 Å². The molecule has 104 valence electrons. The number of halogens is 1. The third-order valence-electron chi connectivity index (χ3n) is 3.50. The van der Waals surface area contributed by atoms with E-state index < -0.39 is 0 Å². The number of hydrogen-bond donors (Lipinski definition) is 1. The lowest BCUT2D eigenvalue weighted by Crippen LogP contribution is -2.18. The van der Waals surface area contributed by atoms with Crippen molar-refractivity contribution in [1.29, 1.82) is 0 Å². The van der Waals surface area contributed by atoms with Crippen molar-refractivity contribution in [3.63, 3.8) is 0 Å². The molecule has 2 aromatic heterocycles. The van der Waals surface area contributed by atoms with Crippen molar-refractivity contribution in [3.05, 3.63) is 39.3 Å². The maximum atomic E-state index is 12.4. The fourth-order valence-corrected chi connectivity index (χ4v) is 2.94. The number of nitrogens with zero attached hydrogens (tertiary/aromatic N) is 3. The SMILES string of the molecule is Cc1ccc(Br)c(C(=O)Nc2c3c(nn2C)CCC3)n1. The molecule has 20 heavy (non-hydrogen) atoms. The van der Waals surface area contributed by atoms with Gasteiger partial charge < -0.3 is 5.32 Å². The number of aryl methyl sites for hydroxylation is 3. The molecule has 3 rings (SSSR count). The summed E-state index contributed by atoms with van der Waals surface area (Å²) in [4.78, 5) is 16.7. The largest absolute Gasteiger partial charge is 0.305 e. The van der Waals surface area contributed by atoms with E-state index in [1.807, 2.05) is 26.1 Å². The number of carbonyl (C=O) groups excluding carboxylic acids is 1. The molecule has 1 aliphatic rings. The Labute approximate surface area is 125 Å². The molecule has 0 unspecified atom stereocenters. The lowest BCUT2D eigenvalue weighted by molar-refractivity contribution is 0.102. The normalized spacial score (nSPS) is 13.3. The highest BCUT2D eigenvalue weighted by molar-refractivity contribution is 9.10. The van der Waals surface area contributed by atoms with Gasteiger partial charge in [-0.05, 0) is 54.2 Å². The molecular formula is C14H15BrN4O. The Morgan fingerprint density at radius 1 is 1.40 bits per heavy atom. The minimum atomic E-state index is -0.210. The number of carbonyl (C=O) groups is 1. The summed E-state index contributed by atoms with van der Waals surface area (Å²) in [7, 11) is 1.85. The summed E-state index contributed by atoms with van der Waals surface area (Å²) in [6, 6.07) is 3.70. The first-order valence-electron chi connectivity index (χ1n) is 6.55. The van der Waals surface area contributed by atoms with Crippen molar-refractivity contribution in [2.75, 3.05) is 5.32 Å². The summed E-state index contributed by atoms with van der Waals surface area (Å²) in [5.41, 5.74) is 3.47. The molecule has 0 saturated heterocycles. The van der Waals surface area contributed by atoms with E-state index in [2.05, 4.69) is 31.3 Å². The number of hydrogen-bond acceptors (Lipinski definition) is 3. The van der Waals surface area contributed by atoms with Crippen molar-refractivity contribution in [2.24, 2.45) is 7.05 Å².